The van der Waals surface area contributed by atoms with Gasteiger partial charge in [0.15, 0.2) is 0 Å². The summed E-state index contributed by atoms with van der Waals surface area (Å²) in [5, 5.41) is 0. The first-order valence-corrected chi connectivity index (χ1v) is 6.04. The standard InChI is InChI=1S/C12H22O3/c1-11(13)14-9-5-2-3-7-12-8-4-6-10-15-12/h12H,2-10H2,1H3. The Labute approximate surface area is 92.1 Å². The predicted octanol–water partition coefficient (Wildman–Crippen LogP) is 2.68. The lowest BCUT2D eigenvalue weighted by Crippen LogP contribution is -2.18. The van der Waals surface area contributed by atoms with Crippen LogP contribution in [0.25, 0.3) is 0 Å². The van der Waals surface area contributed by atoms with Crippen molar-refractivity contribution in [1.82, 2.24) is 0 Å². The van der Waals surface area contributed by atoms with E-state index in [-0.39, 0.29) is 5.97 Å². The molecule has 0 aromatic heterocycles. The van der Waals surface area contributed by atoms with Crippen molar-refractivity contribution in [3.05, 3.63) is 0 Å². The monoisotopic (exact) mass is 214 g/mol. The normalized spacial score (nSPS) is 21.3. The van der Waals surface area contributed by atoms with Crippen molar-refractivity contribution in [3.63, 3.8) is 0 Å². The number of ether oxygens (including phenoxy) is 2. The molecular formula is C12H22O3. The highest BCUT2D eigenvalue weighted by Gasteiger charge is 2.12. The van der Waals surface area contributed by atoms with Gasteiger partial charge in [-0.25, -0.2) is 0 Å². The maximum atomic E-state index is 10.5. The summed E-state index contributed by atoms with van der Waals surface area (Å²) in [6, 6.07) is 0. The van der Waals surface area contributed by atoms with Gasteiger partial charge in [-0.15, -0.1) is 0 Å². The van der Waals surface area contributed by atoms with Gasteiger partial charge in [0, 0.05) is 13.5 Å². The average Bonchev–Trinajstić information content (AvgIpc) is 2.24. The molecule has 0 amide bonds. The molecule has 0 radical (unpaired) electrons. The molecule has 0 N–H and O–H groups in total. The van der Waals surface area contributed by atoms with Gasteiger partial charge in [0.1, 0.15) is 0 Å². The zero-order valence-corrected chi connectivity index (χ0v) is 9.67. The van der Waals surface area contributed by atoms with Gasteiger partial charge in [0.2, 0.25) is 0 Å². The largest absolute Gasteiger partial charge is 0.466 e. The van der Waals surface area contributed by atoms with Crippen molar-refractivity contribution in [1.29, 1.82) is 0 Å². The van der Waals surface area contributed by atoms with E-state index >= 15 is 0 Å². The molecule has 1 aliphatic heterocycles. The Bertz CT molecular complexity index is 174. The van der Waals surface area contributed by atoms with Crippen LogP contribution in [0.3, 0.4) is 0 Å². The first-order chi connectivity index (χ1) is 7.29. The second kappa shape index (κ2) is 7.69. The van der Waals surface area contributed by atoms with Gasteiger partial charge in [-0.1, -0.05) is 6.42 Å². The minimum absolute atomic E-state index is 0.175. The van der Waals surface area contributed by atoms with Gasteiger partial charge in [0.25, 0.3) is 0 Å². The molecule has 0 aliphatic carbocycles. The molecule has 1 aliphatic rings. The van der Waals surface area contributed by atoms with E-state index in [1.54, 1.807) is 0 Å². The van der Waals surface area contributed by atoms with Crippen LogP contribution in [0.15, 0.2) is 0 Å². The van der Waals surface area contributed by atoms with Gasteiger partial charge in [-0.05, 0) is 38.5 Å². The highest BCUT2D eigenvalue weighted by molar-refractivity contribution is 5.65. The predicted molar refractivity (Wildman–Crippen MR) is 58.7 cm³/mol. The van der Waals surface area contributed by atoms with E-state index in [9.17, 15) is 4.79 Å². The van der Waals surface area contributed by atoms with Gasteiger partial charge < -0.3 is 9.47 Å². The van der Waals surface area contributed by atoms with Crippen LogP contribution in [-0.2, 0) is 14.3 Å². The van der Waals surface area contributed by atoms with Gasteiger partial charge in [0.05, 0.1) is 12.7 Å². The fraction of sp³-hybridized carbons (Fsp3) is 0.917. The van der Waals surface area contributed by atoms with Gasteiger partial charge in [-0.3, -0.25) is 4.79 Å². The lowest BCUT2D eigenvalue weighted by molar-refractivity contribution is -0.141. The molecule has 0 saturated carbocycles. The Morgan fingerprint density at radius 3 is 2.87 bits per heavy atom. The summed E-state index contributed by atoms with van der Waals surface area (Å²) in [7, 11) is 0. The van der Waals surface area contributed by atoms with Crippen LogP contribution in [0.1, 0.15) is 51.9 Å². The molecule has 1 rings (SSSR count). The smallest absolute Gasteiger partial charge is 0.302 e. The van der Waals surface area contributed by atoms with Crippen molar-refractivity contribution >= 4 is 5.97 Å². The van der Waals surface area contributed by atoms with E-state index < -0.39 is 0 Å². The first-order valence-electron chi connectivity index (χ1n) is 6.04. The van der Waals surface area contributed by atoms with E-state index in [2.05, 4.69) is 0 Å². The second-order valence-electron chi connectivity index (χ2n) is 4.18. The lowest BCUT2D eigenvalue weighted by Gasteiger charge is -2.22. The van der Waals surface area contributed by atoms with Crippen LogP contribution in [0.2, 0.25) is 0 Å². The molecule has 88 valence electrons. The number of carbonyl (C=O) groups is 1. The highest BCUT2D eigenvalue weighted by atomic mass is 16.5. The fourth-order valence-corrected chi connectivity index (χ4v) is 1.90. The maximum absolute atomic E-state index is 10.5. The Morgan fingerprint density at radius 2 is 2.20 bits per heavy atom. The SMILES string of the molecule is CC(=O)OCCCCCC1CCCCO1. The van der Waals surface area contributed by atoms with Crippen molar-refractivity contribution in [2.75, 3.05) is 13.2 Å². The summed E-state index contributed by atoms with van der Waals surface area (Å²) in [6.45, 7) is 2.97. The third-order valence-electron chi connectivity index (χ3n) is 2.75. The van der Waals surface area contributed by atoms with E-state index in [4.69, 9.17) is 9.47 Å². The van der Waals surface area contributed by atoms with Crippen molar-refractivity contribution in [2.45, 2.75) is 58.0 Å². The van der Waals surface area contributed by atoms with Crippen molar-refractivity contribution in [3.8, 4) is 0 Å². The van der Waals surface area contributed by atoms with Crippen LogP contribution in [-0.4, -0.2) is 25.3 Å². The van der Waals surface area contributed by atoms with E-state index in [1.165, 1.54) is 39.0 Å². The molecule has 1 atom stereocenters. The molecular weight excluding hydrogens is 192 g/mol. The number of hydrogen-bond donors (Lipinski definition) is 0. The minimum atomic E-state index is -0.175. The lowest BCUT2D eigenvalue weighted by atomic mass is 10.0. The topological polar surface area (TPSA) is 35.5 Å². The Hall–Kier alpha value is -0.570. The average molecular weight is 214 g/mol. The molecule has 3 nitrogen and oxygen atoms in total. The summed E-state index contributed by atoms with van der Waals surface area (Å²) >= 11 is 0. The van der Waals surface area contributed by atoms with Crippen molar-refractivity contribution < 1.29 is 14.3 Å². The minimum Gasteiger partial charge on any atom is -0.466 e. The van der Waals surface area contributed by atoms with E-state index in [0.29, 0.717) is 12.7 Å². The maximum Gasteiger partial charge on any atom is 0.302 e. The summed E-state index contributed by atoms with van der Waals surface area (Å²) in [6.07, 6.45) is 8.73. The fourth-order valence-electron chi connectivity index (χ4n) is 1.90. The molecule has 1 saturated heterocycles. The molecule has 0 spiro atoms. The second-order valence-corrected chi connectivity index (χ2v) is 4.18. The summed E-state index contributed by atoms with van der Waals surface area (Å²) in [4.78, 5) is 10.5. The zero-order valence-electron chi connectivity index (χ0n) is 9.67. The molecule has 3 heteroatoms. The molecule has 0 bridgehead atoms. The number of rotatable bonds is 6. The van der Waals surface area contributed by atoms with Gasteiger partial charge in [-0.2, -0.15) is 0 Å². The van der Waals surface area contributed by atoms with Crippen LogP contribution in [0, 0.1) is 0 Å². The quantitative estimate of drug-likeness (QED) is 0.503. The molecule has 1 heterocycles. The first kappa shape index (κ1) is 12.5. The van der Waals surface area contributed by atoms with Crippen LogP contribution in [0.5, 0.6) is 0 Å². The molecule has 1 unspecified atom stereocenters. The highest BCUT2D eigenvalue weighted by Crippen LogP contribution is 2.18. The summed E-state index contributed by atoms with van der Waals surface area (Å²) < 4.78 is 10.5. The molecule has 15 heavy (non-hydrogen) atoms. The van der Waals surface area contributed by atoms with Crippen LogP contribution in [0.4, 0.5) is 0 Å². The third kappa shape index (κ3) is 6.50. The van der Waals surface area contributed by atoms with Gasteiger partial charge >= 0.3 is 5.97 Å². The third-order valence-corrected chi connectivity index (χ3v) is 2.75. The number of esters is 1. The molecule has 1 fully saturated rings. The van der Waals surface area contributed by atoms with Crippen LogP contribution >= 0.6 is 0 Å². The molecule has 0 aromatic rings. The zero-order chi connectivity index (χ0) is 10.9. The Morgan fingerprint density at radius 1 is 1.33 bits per heavy atom. The van der Waals surface area contributed by atoms with E-state index in [1.807, 2.05) is 0 Å². The van der Waals surface area contributed by atoms with Crippen LogP contribution < -0.4 is 0 Å². The Balaban J connectivity index is 1.85. The van der Waals surface area contributed by atoms with Crippen molar-refractivity contribution in [2.24, 2.45) is 0 Å². The Kier molecular flexibility index (Phi) is 6.41. The summed E-state index contributed by atoms with van der Waals surface area (Å²) in [5.41, 5.74) is 0. The number of unbranched alkanes of at least 4 members (excludes halogenated alkanes) is 2. The molecule has 0 aromatic carbocycles. The van der Waals surface area contributed by atoms with E-state index in [0.717, 1.165) is 19.4 Å². The number of carbonyl (C=O) groups excluding carboxylic acids is 1. The number of hydrogen-bond acceptors (Lipinski definition) is 3. The summed E-state index contributed by atoms with van der Waals surface area (Å²) in [5.74, 6) is -0.175.